The molecule has 0 unspecified atom stereocenters. The van der Waals surface area contributed by atoms with Crippen molar-refractivity contribution in [1.29, 1.82) is 0 Å². The van der Waals surface area contributed by atoms with Crippen molar-refractivity contribution < 1.29 is 14.6 Å². The van der Waals surface area contributed by atoms with Gasteiger partial charge in [-0.05, 0) is 43.0 Å². The van der Waals surface area contributed by atoms with Crippen molar-refractivity contribution in [3.63, 3.8) is 0 Å². The van der Waals surface area contributed by atoms with Crippen LogP contribution in [0.15, 0.2) is 41.4 Å². The Morgan fingerprint density at radius 1 is 1.10 bits per heavy atom. The molecule has 0 aliphatic rings. The van der Waals surface area contributed by atoms with Gasteiger partial charge in [0.05, 0.1) is 13.7 Å². The van der Waals surface area contributed by atoms with Gasteiger partial charge >= 0.3 is 0 Å². The van der Waals surface area contributed by atoms with Gasteiger partial charge in [0.1, 0.15) is 17.2 Å². The number of aromatic hydroxyl groups is 1. The van der Waals surface area contributed by atoms with Crippen LogP contribution in [-0.4, -0.2) is 38.4 Å². The van der Waals surface area contributed by atoms with Crippen LogP contribution in [0.25, 0.3) is 0 Å². The number of aliphatic imine (C=N–C) groups is 1. The topological polar surface area (TPSA) is 75.1 Å². The van der Waals surface area contributed by atoms with E-state index in [9.17, 15) is 5.11 Å². The number of nitrogens with one attached hydrogen (secondary N) is 2. The Hall–Kier alpha value is -2.16. The normalized spacial score (nSPS) is 10.8. The molecular weight excluding hydrogens is 481 g/mol. The molecule has 2 aromatic carbocycles. The summed E-state index contributed by atoms with van der Waals surface area (Å²) in [6, 6.07) is 11.6. The smallest absolute Gasteiger partial charge is 0.191 e. The van der Waals surface area contributed by atoms with Crippen molar-refractivity contribution in [2.24, 2.45) is 4.99 Å². The summed E-state index contributed by atoms with van der Waals surface area (Å²) < 4.78 is 11.0. The van der Waals surface area contributed by atoms with Crippen LogP contribution >= 0.6 is 24.0 Å². The van der Waals surface area contributed by atoms with Crippen molar-refractivity contribution >= 4 is 29.9 Å². The van der Waals surface area contributed by atoms with Gasteiger partial charge in [-0.25, -0.2) is 0 Å². The number of methoxy groups -OCH3 is 1. The SMILES string of the molecule is CCCOc1cc(C)ccc1CNC(=NC)NCCc1ccc(OC)cc1O.I. The molecule has 2 rings (SSSR count). The Morgan fingerprint density at radius 3 is 2.52 bits per heavy atom. The molecule has 29 heavy (non-hydrogen) atoms. The van der Waals surface area contributed by atoms with E-state index >= 15 is 0 Å². The molecule has 0 bridgehead atoms. The number of rotatable bonds is 9. The number of benzene rings is 2. The van der Waals surface area contributed by atoms with Crippen molar-refractivity contribution in [1.82, 2.24) is 10.6 Å². The van der Waals surface area contributed by atoms with E-state index in [4.69, 9.17) is 9.47 Å². The van der Waals surface area contributed by atoms with Crippen LogP contribution < -0.4 is 20.1 Å². The molecule has 0 atom stereocenters. The van der Waals surface area contributed by atoms with Crippen LogP contribution in [0.5, 0.6) is 17.2 Å². The Morgan fingerprint density at radius 2 is 1.86 bits per heavy atom. The van der Waals surface area contributed by atoms with Crippen molar-refractivity contribution in [3.05, 3.63) is 53.1 Å². The Bertz CT molecular complexity index is 797. The Balaban J connectivity index is 0.00000420. The van der Waals surface area contributed by atoms with Crippen LogP contribution in [0.4, 0.5) is 0 Å². The standard InChI is InChI=1S/C22H31N3O3.HI/c1-5-12-28-21-13-16(2)6-7-18(21)15-25-22(23-3)24-11-10-17-8-9-19(27-4)14-20(17)26;/h6-9,13-14,26H,5,10-12,15H2,1-4H3,(H2,23,24,25);1H. The van der Waals surface area contributed by atoms with Gasteiger partial charge in [-0.2, -0.15) is 0 Å². The lowest BCUT2D eigenvalue weighted by Crippen LogP contribution is -2.37. The van der Waals surface area contributed by atoms with Gasteiger partial charge in [0.25, 0.3) is 0 Å². The third kappa shape index (κ3) is 8.00. The number of aryl methyl sites for hydroxylation is 1. The first-order valence-corrected chi connectivity index (χ1v) is 9.60. The highest BCUT2D eigenvalue weighted by molar-refractivity contribution is 14.0. The molecule has 0 aliphatic heterocycles. The van der Waals surface area contributed by atoms with Gasteiger partial charge in [-0.1, -0.05) is 25.1 Å². The molecule has 0 saturated heterocycles. The average Bonchev–Trinajstić information content (AvgIpc) is 2.70. The van der Waals surface area contributed by atoms with Crippen LogP contribution in [0, 0.1) is 6.92 Å². The molecule has 0 aromatic heterocycles. The van der Waals surface area contributed by atoms with Gasteiger partial charge in [-0.15, -0.1) is 24.0 Å². The van der Waals surface area contributed by atoms with E-state index in [-0.39, 0.29) is 29.7 Å². The summed E-state index contributed by atoms with van der Waals surface area (Å²) in [5.41, 5.74) is 3.13. The second-order valence-electron chi connectivity index (χ2n) is 6.56. The number of guanidine groups is 1. The van der Waals surface area contributed by atoms with Gasteiger partial charge in [-0.3, -0.25) is 4.99 Å². The summed E-state index contributed by atoms with van der Waals surface area (Å²) in [7, 11) is 3.32. The third-order valence-electron chi connectivity index (χ3n) is 4.33. The van der Waals surface area contributed by atoms with Crippen LogP contribution in [0.3, 0.4) is 0 Å². The summed E-state index contributed by atoms with van der Waals surface area (Å²) in [6.07, 6.45) is 1.65. The second-order valence-corrected chi connectivity index (χ2v) is 6.56. The summed E-state index contributed by atoms with van der Waals surface area (Å²) >= 11 is 0. The zero-order valence-corrected chi connectivity index (χ0v) is 19.9. The number of halogens is 1. The monoisotopic (exact) mass is 513 g/mol. The fourth-order valence-corrected chi connectivity index (χ4v) is 2.75. The molecule has 0 heterocycles. The van der Waals surface area contributed by atoms with Crippen LogP contribution in [0.1, 0.15) is 30.0 Å². The highest BCUT2D eigenvalue weighted by atomic mass is 127. The molecule has 0 amide bonds. The van der Waals surface area contributed by atoms with E-state index in [1.165, 1.54) is 5.56 Å². The largest absolute Gasteiger partial charge is 0.508 e. The fourth-order valence-electron chi connectivity index (χ4n) is 2.75. The molecule has 0 aliphatic carbocycles. The van der Waals surface area contributed by atoms with Crippen molar-refractivity contribution in [2.75, 3.05) is 27.3 Å². The molecule has 7 heteroatoms. The minimum absolute atomic E-state index is 0. The number of nitrogens with zero attached hydrogens (tertiary/aromatic N) is 1. The van der Waals surface area contributed by atoms with Gasteiger partial charge in [0, 0.05) is 31.8 Å². The quantitative estimate of drug-likeness (QED) is 0.268. The minimum Gasteiger partial charge on any atom is -0.508 e. The first-order valence-electron chi connectivity index (χ1n) is 9.60. The molecule has 3 N–H and O–H groups in total. The van der Waals surface area contributed by atoms with E-state index in [0.29, 0.717) is 37.8 Å². The zero-order valence-electron chi connectivity index (χ0n) is 17.6. The molecule has 6 nitrogen and oxygen atoms in total. The van der Waals surface area contributed by atoms with Crippen molar-refractivity contribution in [3.8, 4) is 17.2 Å². The molecule has 0 radical (unpaired) electrons. The Labute approximate surface area is 190 Å². The molecule has 2 aromatic rings. The van der Waals surface area contributed by atoms with Gasteiger partial charge in [0.2, 0.25) is 0 Å². The van der Waals surface area contributed by atoms with E-state index < -0.39 is 0 Å². The molecular formula is C22H32IN3O3. The van der Waals surface area contributed by atoms with E-state index in [2.05, 4.69) is 47.7 Å². The maximum Gasteiger partial charge on any atom is 0.191 e. The maximum absolute atomic E-state index is 10.1. The summed E-state index contributed by atoms with van der Waals surface area (Å²) in [5.74, 6) is 2.50. The lowest BCUT2D eigenvalue weighted by atomic mass is 10.1. The molecule has 0 fully saturated rings. The van der Waals surface area contributed by atoms with Crippen LogP contribution in [0.2, 0.25) is 0 Å². The summed E-state index contributed by atoms with van der Waals surface area (Å²) in [4.78, 5) is 4.26. The molecule has 0 spiro atoms. The average molecular weight is 513 g/mol. The number of hydrogen-bond donors (Lipinski definition) is 3. The van der Waals surface area contributed by atoms with Crippen LogP contribution in [-0.2, 0) is 13.0 Å². The lowest BCUT2D eigenvalue weighted by Gasteiger charge is -2.15. The van der Waals surface area contributed by atoms with Crippen molar-refractivity contribution in [2.45, 2.75) is 33.2 Å². The predicted molar refractivity (Wildman–Crippen MR) is 129 cm³/mol. The highest BCUT2D eigenvalue weighted by Gasteiger charge is 2.07. The number of hydrogen-bond acceptors (Lipinski definition) is 4. The lowest BCUT2D eigenvalue weighted by molar-refractivity contribution is 0.313. The predicted octanol–water partition coefficient (Wildman–Crippen LogP) is 4.02. The number of ether oxygens (including phenoxy) is 2. The number of phenols is 1. The second kappa shape index (κ2) is 13.1. The van der Waals surface area contributed by atoms with Gasteiger partial charge < -0.3 is 25.2 Å². The molecule has 160 valence electrons. The molecule has 0 saturated carbocycles. The fraction of sp³-hybridized carbons (Fsp3) is 0.409. The highest BCUT2D eigenvalue weighted by Crippen LogP contribution is 2.23. The summed E-state index contributed by atoms with van der Waals surface area (Å²) in [6.45, 7) is 6.12. The van der Waals surface area contributed by atoms with Gasteiger partial charge in [0.15, 0.2) is 5.96 Å². The summed E-state index contributed by atoms with van der Waals surface area (Å²) in [5, 5.41) is 16.6. The van der Waals surface area contributed by atoms with E-state index in [0.717, 1.165) is 23.3 Å². The Kier molecular flexibility index (Phi) is 11.3. The number of phenolic OH excluding ortho intramolecular Hbond substituents is 1. The first-order chi connectivity index (χ1) is 13.6. The van der Waals surface area contributed by atoms with E-state index in [1.807, 2.05) is 12.1 Å². The zero-order chi connectivity index (χ0) is 20.4. The third-order valence-corrected chi connectivity index (χ3v) is 4.33. The maximum atomic E-state index is 10.1. The first kappa shape index (κ1) is 24.9. The minimum atomic E-state index is 0. The van der Waals surface area contributed by atoms with E-state index in [1.54, 1.807) is 20.2 Å².